The fourth-order valence-electron chi connectivity index (χ4n) is 9.30. The first-order valence-electron chi connectivity index (χ1n) is 18.3. The monoisotopic (exact) mass is 661 g/mol. The van der Waals surface area contributed by atoms with Gasteiger partial charge in [0.25, 0.3) is 0 Å². The molecule has 52 heavy (non-hydrogen) atoms. The molecule has 1 aromatic heterocycles. The van der Waals surface area contributed by atoms with E-state index in [1.807, 2.05) is 0 Å². The van der Waals surface area contributed by atoms with E-state index in [9.17, 15) is 0 Å². The molecule has 0 amide bonds. The number of fused-ring (bicyclic) bond motifs is 9. The molecule has 10 aromatic rings. The Hall–Kier alpha value is -6.44. The van der Waals surface area contributed by atoms with Crippen molar-refractivity contribution in [2.24, 2.45) is 0 Å². The highest BCUT2D eigenvalue weighted by atomic mass is 15.0. The van der Waals surface area contributed by atoms with Crippen LogP contribution in [0.3, 0.4) is 0 Å². The molecule has 0 N–H and O–H groups in total. The van der Waals surface area contributed by atoms with E-state index in [2.05, 4.69) is 194 Å². The van der Waals surface area contributed by atoms with Gasteiger partial charge in [-0.3, -0.25) is 0 Å². The largest absolute Gasteiger partial charge is 0.309 e. The van der Waals surface area contributed by atoms with Crippen LogP contribution in [0.5, 0.6) is 0 Å². The lowest BCUT2D eigenvalue weighted by Crippen LogP contribution is -2.15. The van der Waals surface area contributed by atoms with Crippen LogP contribution in [-0.4, -0.2) is 4.57 Å². The smallest absolute Gasteiger partial charge is 0.0547 e. The molecular weight excluding hydrogens is 627 g/mol. The van der Waals surface area contributed by atoms with Gasteiger partial charge in [-0.25, -0.2) is 0 Å². The third-order valence-electron chi connectivity index (χ3n) is 11.7. The minimum absolute atomic E-state index is 0.165. The van der Waals surface area contributed by atoms with Crippen molar-refractivity contribution in [1.82, 2.24) is 4.57 Å². The fourth-order valence-corrected chi connectivity index (χ4v) is 9.30. The Bertz CT molecular complexity index is 3030. The van der Waals surface area contributed by atoms with Gasteiger partial charge in [-0.05, 0) is 119 Å². The van der Waals surface area contributed by atoms with Gasteiger partial charge in [0, 0.05) is 21.9 Å². The van der Waals surface area contributed by atoms with Crippen LogP contribution in [0, 0.1) is 0 Å². The van der Waals surface area contributed by atoms with Crippen molar-refractivity contribution in [3.63, 3.8) is 0 Å². The Labute approximate surface area is 303 Å². The molecule has 9 aromatic carbocycles. The van der Waals surface area contributed by atoms with Crippen LogP contribution in [0.15, 0.2) is 176 Å². The highest BCUT2D eigenvalue weighted by molar-refractivity contribution is 6.22. The minimum Gasteiger partial charge on any atom is -0.309 e. The van der Waals surface area contributed by atoms with Crippen molar-refractivity contribution in [1.29, 1.82) is 0 Å². The maximum atomic E-state index is 2.49. The molecule has 244 valence electrons. The molecule has 0 saturated carbocycles. The number of aromatic nitrogens is 1. The van der Waals surface area contributed by atoms with Crippen LogP contribution in [0.4, 0.5) is 0 Å². The molecule has 0 unspecified atom stereocenters. The van der Waals surface area contributed by atoms with E-state index in [1.165, 1.54) is 104 Å². The topological polar surface area (TPSA) is 4.93 Å². The predicted octanol–water partition coefficient (Wildman–Crippen LogP) is 13.9. The Morgan fingerprint density at radius 2 is 0.904 bits per heavy atom. The van der Waals surface area contributed by atoms with Crippen LogP contribution in [0.2, 0.25) is 0 Å². The van der Waals surface area contributed by atoms with Gasteiger partial charge >= 0.3 is 0 Å². The zero-order valence-corrected chi connectivity index (χ0v) is 29.2. The Morgan fingerprint density at radius 3 is 1.60 bits per heavy atom. The highest BCUT2D eigenvalue weighted by Crippen LogP contribution is 2.53. The summed E-state index contributed by atoms with van der Waals surface area (Å²) in [7, 11) is 0. The average molecular weight is 662 g/mol. The van der Waals surface area contributed by atoms with Gasteiger partial charge in [-0.1, -0.05) is 147 Å². The molecule has 1 nitrogen and oxygen atoms in total. The first-order valence-corrected chi connectivity index (χ1v) is 18.3. The molecule has 11 rings (SSSR count). The summed E-state index contributed by atoms with van der Waals surface area (Å²) in [5.41, 5.74) is 14.1. The van der Waals surface area contributed by atoms with Crippen molar-refractivity contribution >= 4 is 54.1 Å². The second-order valence-corrected chi connectivity index (χ2v) is 14.9. The van der Waals surface area contributed by atoms with Gasteiger partial charge in [0.2, 0.25) is 0 Å². The maximum absolute atomic E-state index is 2.49. The quantitative estimate of drug-likeness (QED) is 0.166. The number of rotatable bonds is 3. The number of para-hydroxylation sites is 2. The van der Waals surface area contributed by atoms with E-state index < -0.39 is 0 Å². The van der Waals surface area contributed by atoms with Crippen molar-refractivity contribution < 1.29 is 0 Å². The standard InChI is InChI=1S/C51H35N/c1-51(2)45-29-35(26-27-37(45)43-31-48-44(30-46(43)51)38-18-12-13-23-47(38)52(48)36-16-4-3-5-17-36)50-41-21-10-8-19-39(41)49(40-20-9-11-22-42(40)50)34-25-24-32-14-6-7-15-33(32)28-34/h3-31H,1-2H3. The lowest BCUT2D eigenvalue weighted by atomic mass is 9.80. The fraction of sp³-hybridized carbons (Fsp3) is 0.0588. The molecule has 0 radical (unpaired) electrons. The summed E-state index contributed by atoms with van der Waals surface area (Å²) in [6.07, 6.45) is 0. The van der Waals surface area contributed by atoms with Gasteiger partial charge < -0.3 is 4.57 Å². The van der Waals surface area contributed by atoms with Crippen molar-refractivity contribution in [2.45, 2.75) is 19.3 Å². The Balaban J connectivity index is 1.15. The van der Waals surface area contributed by atoms with E-state index in [-0.39, 0.29) is 5.41 Å². The second-order valence-electron chi connectivity index (χ2n) is 14.9. The molecule has 1 aliphatic carbocycles. The van der Waals surface area contributed by atoms with Gasteiger partial charge in [-0.2, -0.15) is 0 Å². The van der Waals surface area contributed by atoms with Crippen LogP contribution >= 0.6 is 0 Å². The molecule has 0 aliphatic heterocycles. The number of hydrogen-bond donors (Lipinski definition) is 0. The maximum Gasteiger partial charge on any atom is 0.0547 e. The summed E-state index contributed by atoms with van der Waals surface area (Å²) in [6, 6.07) is 65.3. The van der Waals surface area contributed by atoms with Gasteiger partial charge in [0.1, 0.15) is 0 Å². The predicted molar refractivity (Wildman–Crippen MR) is 222 cm³/mol. The summed E-state index contributed by atoms with van der Waals surface area (Å²) in [6.45, 7) is 4.81. The minimum atomic E-state index is -0.165. The third kappa shape index (κ3) is 4.05. The van der Waals surface area contributed by atoms with Crippen LogP contribution in [-0.2, 0) is 5.41 Å². The summed E-state index contributed by atoms with van der Waals surface area (Å²) in [4.78, 5) is 0. The first kappa shape index (κ1) is 29.3. The molecule has 1 heteroatoms. The molecule has 1 heterocycles. The van der Waals surface area contributed by atoms with Crippen LogP contribution < -0.4 is 0 Å². The Kier molecular flexibility index (Phi) is 6.08. The van der Waals surface area contributed by atoms with Crippen molar-refractivity contribution in [3.05, 3.63) is 187 Å². The zero-order chi connectivity index (χ0) is 34.6. The molecule has 0 bridgehead atoms. The first-order chi connectivity index (χ1) is 25.6. The van der Waals surface area contributed by atoms with Crippen molar-refractivity contribution in [2.75, 3.05) is 0 Å². The molecule has 0 saturated heterocycles. The molecule has 0 spiro atoms. The molecule has 0 fully saturated rings. The normalized spacial score (nSPS) is 13.3. The number of benzene rings is 9. The van der Waals surface area contributed by atoms with E-state index in [0.717, 1.165) is 0 Å². The SMILES string of the molecule is CC1(C)c2cc(-c3c4ccccc4c(-c4ccc5ccccc5c4)c4ccccc34)ccc2-c2cc3c(cc21)c1ccccc1n3-c1ccccc1. The summed E-state index contributed by atoms with van der Waals surface area (Å²) >= 11 is 0. The van der Waals surface area contributed by atoms with E-state index in [4.69, 9.17) is 0 Å². The van der Waals surface area contributed by atoms with Crippen LogP contribution in [0.1, 0.15) is 25.0 Å². The highest BCUT2D eigenvalue weighted by Gasteiger charge is 2.37. The lowest BCUT2D eigenvalue weighted by molar-refractivity contribution is 0.661. The van der Waals surface area contributed by atoms with Gasteiger partial charge in [0.05, 0.1) is 11.0 Å². The molecular formula is C51H35N. The number of nitrogens with zero attached hydrogens (tertiary/aromatic N) is 1. The molecule has 0 atom stereocenters. The third-order valence-corrected chi connectivity index (χ3v) is 11.7. The van der Waals surface area contributed by atoms with Crippen LogP contribution in [0.25, 0.3) is 93.2 Å². The summed E-state index contributed by atoms with van der Waals surface area (Å²) in [5.74, 6) is 0. The van der Waals surface area contributed by atoms with E-state index >= 15 is 0 Å². The summed E-state index contributed by atoms with van der Waals surface area (Å²) in [5, 5.41) is 10.3. The Morgan fingerprint density at radius 1 is 0.365 bits per heavy atom. The molecule has 1 aliphatic rings. The van der Waals surface area contributed by atoms with Gasteiger partial charge in [-0.15, -0.1) is 0 Å². The van der Waals surface area contributed by atoms with E-state index in [1.54, 1.807) is 0 Å². The second kappa shape index (κ2) is 10.8. The lowest BCUT2D eigenvalue weighted by Gasteiger charge is -2.23. The number of hydrogen-bond acceptors (Lipinski definition) is 0. The average Bonchev–Trinajstić information content (AvgIpc) is 3.63. The van der Waals surface area contributed by atoms with Gasteiger partial charge in [0.15, 0.2) is 0 Å². The van der Waals surface area contributed by atoms with E-state index in [0.29, 0.717) is 0 Å². The van der Waals surface area contributed by atoms with Crippen molar-refractivity contribution in [3.8, 4) is 39.1 Å². The zero-order valence-electron chi connectivity index (χ0n) is 29.2. The summed E-state index contributed by atoms with van der Waals surface area (Å²) < 4.78 is 2.43.